The molecular formula is C73H59BN2O4. The molecule has 9 aromatic carbocycles. The number of hydrogen-bond acceptors (Lipinski definition) is 6. The standard InChI is InChI=1S/C73H59BN2O4/c1-43(2)48-37-61-67-62(38-48)76(60-36-47(28-32-52(60)45-21-13-10-14-22-45)58-42-78-64-26-18-16-24-54(58)64)69-56-40-50(73(6,7)8)30-34-66(56)80-71(69)74(67)70-68(55-39-49(72(3,4)5)29-33-65(55)79-70)75(61)59-35-46(27-31-51(59)44-19-11-9-12-20-44)57-41-77-63-25-17-15-23-53(57)63/h9-43H,1-8H3. The van der Waals surface area contributed by atoms with Crippen molar-refractivity contribution < 1.29 is 17.7 Å². The third kappa shape index (κ3) is 7.40. The Morgan fingerprint density at radius 2 is 0.800 bits per heavy atom. The molecule has 0 fully saturated rings. The zero-order valence-corrected chi connectivity index (χ0v) is 46.3. The van der Waals surface area contributed by atoms with Crippen molar-refractivity contribution in [1.82, 2.24) is 0 Å². The number of para-hydroxylation sites is 2. The van der Waals surface area contributed by atoms with Gasteiger partial charge in [-0.15, -0.1) is 0 Å². The predicted octanol–water partition coefficient (Wildman–Crippen LogP) is 19.1. The second-order valence-electron chi connectivity index (χ2n) is 24.3. The first-order valence-electron chi connectivity index (χ1n) is 28.0. The average Bonchev–Trinajstić information content (AvgIpc) is 4.24. The third-order valence-corrected chi connectivity index (χ3v) is 16.9. The van der Waals surface area contributed by atoms with Crippen molar-refractivity contribution in [2.45, 2.75) is 72.1 Å². The zero-order valence-electron chi connectivity index (χ0n) is 46.3. The lowest BCUT2D eigenvalue weighted by Gasteiger charge is -2.42. The van der Waals surface area contributed by atoms with Crippen LogP contribution in [0.2, 0.25) is 0 Å². The van der Waals surface area contributed by atoms with Gasteiger partial charge in [0.25, 0.3) is 0 Å². The molecule has 0 bridgehead atoms. The van der Waals surface area contributed by atoms with E-state index < -0.39 is 6.71 Å². The van der Waals surface area contributed by atoms with Gasteiger partial charge in [-0.25, -0.2) is 0 Å². The maximum atomic E-state index is 7.57. The molecule has 0 aliphatic carbocycles. The summed E-state index contributed by atoms with van der Waals surface area (Å²) in [7, 11) is 0. The summed E-state index contributed by atoms with van der Waals surface area (Å²) >= 11 is 0. The van der Waals surface area contributed by atoms with Gasteiger partial charge in [0.05, 0.1) is 35.3 Å². The third-order valence-electron chi connectivity index (χ3n) is 16.9. The van der Waals surface area contributed by atoms with Crippen LogP contribution in [0.5, 0.6) is 0 Å². The van der Waals surface area contributed by atoms with E-state index in [0.717, 1.165) is 139 Å². The minimum Gasteiger partial charge on any atom is -0.468 e. The lowest BCUT2D eigenvalue weighted by atomic mass is 9.37. The summed E-state index contributed by atoms with van der Waals surface area (Å²) in [4.78, 5) is 5.08. The molecule has 7 heteroatoms. The molecule has 388 valence electrons. The molecule has 0 atom stereocenters. The Bertz CT molecular complexity index is 4330. The highest BCUT2D eigenvalue weighted by molar-refractivity contribution is 6.99. The van der Waals surface area contributed by atoms with Crippen LogP contribution in [0.4, 0.5) is 34.1 Å². The molecule has 0 radical (unpaired) electrons. The second-order valence-corrected chi connectivity index (χ2v) is 24.3. The van der Waals surface area contributed by atoms with Gasteiger partial charge in [0.15, 0.2) is 0 Å². The number of hydrogen-bond donors (Lipinski definition) is 0. The number of furan rings is 4. The molecule has 6 nitrogen and oxygen atoms in total. The summed E-state index contributed by atoms with van der Waals surface area (Å²) in [5.41, 5.74) is 24.3. The van der Waals surface area contributed by atoms with Gasteiger partial charge in [-0.1, -0.05) is 189 Å². The summed E-state index contributed by atoms with van der Waals surface area (Å²) in [6.45, 7) is 17.9. The Kier molecular flexibility index (Phi) is 10.6. The first-order chi connectivity index (χ1) is 38.8. The van der Waals surface area contributed by atoms with Gasteiger partial charge in [-0.2, -0.15) is 0 Å². The van der Waals surface area contributed by atoms with Crippen molar-refractivity contribution in [2.24, 2.45) is 0 Å². The lowest BCUT2D eigenvalue weighted by Crippen LogP contribution is -2.60. The van der Waals surface area contributed by atoms with Crippen molar-refractivity contribution in [3.63, 3.8) is 0 Å². The van der Waals surface area contributed by atoms with Crippen LogP contribution < -0.4 is 26.6 Å². The highest BCUT2D eigenvalue weighted by Crippen LogP contribution is 2.54. The average molecular weight is 1040 g/mol. The fraction of sp³-hybridized carbons (Fsp3) is 0.151. The fourth-order valence-electron chi connectivity index (χ4n) is 12.7. The second kappa shape index (κ2) is 17.7. The molecule has 6 heterocycles. The summed E-state index contributed by atoms with van der Waals surface area (Å²) in [5, 5.41) is 4.23. The Balaban J connectivity index is 1.11. The molecular weight excluding hydrogens is 980 g/mol. The molecule has 13 aromatic rings. The SMILES string of the molecule is CC(C)c1cc2c3c(c1)N(c1cc(-c4coc5ccccc45)ccc1-c1ccccc1)c1c(oc4ccc(C(C)(C)C)cc14)B3c1oc3ccc(C(C)(C)C)cc3c1N2c1cc(-c2coc3ccccc23)ccc1-c1ccccc1. The van der Waals surface area contributed by atoms with Gasteiger partial charge in [0, 0.05) is 55.2 Å². The van der Waals surface area contributed by atoms with Gasteiger partial charge in [-0.3, -0.25) is 0 Å². The topological polar surface area (TPSA) is 59.0 Å². The zero-order chi connectivity index (χ0) is 54.3. The Morgan fingerprint density at radius 3 is 1.23 bits per heavy atom. The van der Waals surface area contributed by atoms with Crippen molar-refractivity contribution in [3.8, 4) is 44.5 Å². The number of rotatable bonds is 7. The van der Waals surface area contributed by atoms with Crippen molar-refractivity contribution >= 4 is 101 Å². The van der Waals surface area contributed by atoms with E-state index in [2.05, 4.69) is 235 Å². The van der Waals surface area contributed by atoms with E-state index in [4.69, 9.17) is 17.7 Å². The van der Waals surface area contributed by atoms with Crippen LogP contribution in [-0.2, 0) is 10.8 Å². The molecule has 4 aromatic heterocycles. The molecule has 0 saturated heterocycles. The molecule has 0 saturated carbocycles. The van der Waals surface area contributed by atoms with Crippen LogP contribution in [0.1, 0.15) is 78.0 Å². The number of nitrogens with zero attached hydrogens (tertiary/aromatic N) is 2. The molecule has 15 rings (SSSR count). The van der Waals surface area contributed by atoms with E-state index in [-0.39, 0.29) is 16.7 Å². The molecule has 0 amide bonds. The quantitative estimate of drug-likeness (QED) is 0.148. The number of anilines is 6. The van der Waals surface area contributed by atoms with Crippen molar-refractivity contribution in [1.29, 1.82) is 0 Å². The molecule has 0 unspecified atom stereocenters. The molecule has 2 aliphatic rings. The minimum atomic E-state index is -0.433. The van der Waals surface area contributed by atoms with Crippen molar-refractivity contribution in [2.75, 3.05) is 9.80 Å². The molecule has 2 aliphatic heterocycles. The van der Waals surface area contributed by atoms with E-state index >= 15 is 0 Å². The first kappa shape index (κ1) is 48.0. The van der Waals surface area contributed by atoms with Gasteiger partial charge in [-0.05, 0) is 122 Å². The highest BCUT2D eigenvalue weighted by atomic mass is 16.4. The fourth-order valence-corrected chi connectivity index (χ4v) is 12.7. The van der Waals surface area contributed by atoms with Gasteiger partial charge < -0.3 is 27.5 Å². The van der Waals surface area contributed by atoms with Gasteiger partial charge in [0.2, 0.25) is 0 Å². The van der Waals surface area contributed by atoms with E-state index in [1.807, 2.05) is 36.8 Å². The summed E-state index contributed by atoms with van der Waals surface area (Å²) < 4.78 is 27.7. The smallest absolute Gasteiger partial charge is 0.342 e. The van der Waals surface area contributed by atoms with Gasteiger partial charge in [0.1, 0.15) is 33.7 Å². The van der Waals surface area contributed by atoms with E-state index in [1.54, 1.807) is 0 Å². The largest absolute Gasteiger partial charge is 0.468 e. The first-order valence-corrected chi connectivity index (χ1v) is 28.0. The normalized spacial score (nSPS) is 13.3. The van der Waals surface area contributed by atoms with Crippen LogP contribution in [0.15, 0.2) is 224 Å². The van der Waals surface area contributed by atoms with Crippen LogP contribution in [0.3, 0.4) is 0 Å². The van der Waals surface area contributed by atoms with E-state index in [1.165, 1.54) is 16.7 Å². The lowest BCUT2D eigenvalue weighted by molar-refractivity contribution is 0.590. The highest BCUT2D eigenvalue weighted by Gasteiger charge is 2.51. The van der Waals surface area contributed by atoms with Crippen LogP contribution in [0, 0.1) is 0 Å². The number of benzene rings is 9. The number of fused-ring (bicyclic) bond motifs is 10. The monoisotopic (exact) mass is 1040 g/mol. The van der Waals surface area contributed by atoms with Gasteiger partial charge >= 0.3 is 6.71 Å². The Labute approximate surface area is 466 Å². The van der Waals surface area contributed by atoms with Crippen LogP contribution >= 0.6 is 0 Å². The maximum absolute atomic E-state index is 7.57. The van der Waals surface area contributed by atoms with Crippen LogP contribution in [0.25, 0.3) is 88.4 Å². The predicted molar refractivity (Wildman–Crippen MR) is 333 cm³/mol. The maximum Gasteiger partial charge on any atom is 0.342 e. The summed E-state index contributed by atoms with van der Waals surface area (Å²) in [6.07, 6.45) is 3.81. The Morgan fingerprint density at radius 1 is 0.375 bits per heavy atom. The molecule has 0 spiro atoms. The molecule has 80 heavy (non-hydrogen) atoms. The van der Waals surface area contributed by atoms with E-state index in [0.29, 0.717) is 0 Å². The Hall–Kier alpha value is -9.20. The molecule has 0 N–H and O–H groups in total. The van der Waals surface area contributed by atoms with Crippen molar-refractivity contribution in [3.05, 3.63) is 223 Å². The summed E-state index contributed by atoms with van der Waals surface area (Å²) in [5.74, 6) is 0.151. The minimum absolute atomic E-state index is 0.138. The van der Waals surface area contributed by atoms with Crippen LogP contribution in [-0.4, -0.2) is 6.71 Å². The van der Waals surface area contributed by atoms with E-state index in [9.17, 15) is 0 Å². The summed E-state index contributed by atoms with van der Waals surface area (Å²) in [6, 6.07) is 70.6.